The van der Waals surface area contributed by atoms with Crippen LogP contribution in [0.15, 0.2) is 12.3 Å². The van der Waals surface area contributed by atoms with Gasteiger partial charge in [-0.25, -0.2) is 0 Å². The summed E-state index contributed by atoms with van der Waals surface area (Å²) >= 11 is 0. The molecule has 2 fully saturated rings. The largest absolute Gasteiger partial charge is 0.337 e. The highest BCUT2D eigenvalue weighted by Crippen LogP contribution is 2.30. The summed E-state index contributed by atoms with van der Waals surface area (Å²) in [6, 6.07) is 2.27. The van der Waals surface area contributed by atoms with Gasteiger partial charge in [0.25, 0.3) is 5.91 Å². The molecule has 0 bridgehead atoms. The van der Waals surface area contributed by atoms with Crippen LogP contribution in [0.25, 0.3) is 0 Å². The number of hydrogen-bond acceptors (Lipinski definition) is 3. The van der Waals surface area contributed by atoms with E-state index in [0.29, 0.717) is 17.2 Å². The molecule has 1 unspecified atom stereocenters. The molecule has 0 saturated carbocycles. The second kappa shape index (κ2) is 6.41. The maximum absolute atomic E-state index is 12.7. The lowest BCUT2D eigenvalue weighted by molar-refractivity contribution is 0.0750. The van der Waals surface area contributed by atoms with E-state index >= 15 is 0 Å². The summed E-state index contributed by atoms with van der Waals surface area (Å²) in [6.45, 7) is 8.35. The Kier molecular flexibility index (Phi) is 4.52. The molecule has 5 nitrogen and oxygen atoms in total. The molecule has 0 aromatic carbocycles. The molecule has 0 spiro atoms. The molecular weight excluding hydrogens is 276 g/mol. The number of hydrogen-bond donors (Lipinski definition) is 1. The van der Waals surface area contributed by atoms with Crippen LogP contribution in [0.1, 0.15) is 62.5 Å². The third-order valence-corrected chi connectivity index (χ3v) is 5.10. The zero-order chi connectivity index (χ0) is 15.6. The zero-order valence-electron chi connectivity index (χ0n) is 13.8. The van der Waals surface area contributed by atoms with Gasteiger partial charge < -0.3 is 10.2 Å². The van der Waals surface area contributed by atoms with Gasteiger partial charge in [0.15, 0.2) is 0 Å². The van der Waals surface area contributed by atoms with E-state index in [1.54, 1.807) is 0 Å². The molecule has 5 heteroatoms. The van der Waals surface area contributed by atoms with Crippen LogP contribution in [-0.4, -0.2) is 46.8 Å². The lowest BCUT2D eigenvalue weighted by Gasteiger charge is -2.23. The van der Waals surface area contributed by atoms with Gasteiger partial charge in [0.1, 0.15) is 5.69 Å². The van der Waals surface area contributed by atoms with Crippen LogP contribution in [-0.2, 0) is 0 Å². The van der Waals surface area contributed by atoms with Crippen molar-refractivity contribution < 1.29 is 4.79 Å². The minimum Gasteiger partial charge on any atom is -0.337 e. The predicted molar refractivity (Wildman–Crippen MR) is 86.9 cm³/mol. The van der Waals surface area contributed by atoms with E-state index in [2.05, 4.69) is 24.3 Å². The number of carbonyl (C=O) groups is 1. The third kappa shape index (κ3) is 3.51. The molecule has 0 aliphatic carbocycles. The first-order valence-corrected chi connectivity index (χ1v) is 8.60. The van der Waals surface area contributed by atoms with Gasteiger partial charge in [0.05, 0.1) is 6.04 Å². The van der Waals surface area contributed by atoms with Gasteiger partial charge in [-0.05, 0) is 50.1 Å². The minimum absolute atomic E-state index is 0.0974. The molecule has 1 aromatic heterocycles. The number of piperidine rings is 1. The fourth-order valence-electron chi connectivity index (χ4n) is 3.50. The number of nitrogens with zero attached hydrogens (tertiary/aromatic N) is 3. The summed E-state index contributed by atoms with van der Waals surface area (Å²) in [4.78, 5) is 14.7. The standard InChI is InChI=1S/C17H28N4O/c1-17(2)7-4-10-20(12-8-17)16(22)15-6-11-21(19-15)14-5-3-9-18-13-14/h6,11,14,18H,3-5,7-10,12-13H2,1-2H3. The van der Waals surface area contributed by atoms with Crippen LogP contribution in [0.3, 0.4) is 0 Å². The summed E-state index contributed by atoms with van der Waals surface area (Å²) in [5.41, 5.74) is 0.951. The fourth-order valence-corrected chi connectivity index (χ4v) is 3.50. The lowest BCUT2D eigenvalue weighted by atomic mass is 9.85. The number of aromatic nitrogens is 2. The molecule has 1 N–H and O–H groups in total. The quantitative estimate of drug-likeness (QED) is 0.913. The number of carbonyl (C=O) groups excluding carboxylic acids is 1. The normalized spacial score (nSPS) is 25.7. The monoisotopic (exact) mass is 304 g/mol. The number of likely N-dealkylation sites (tertiary alicyclic amines) is 1. The number of amides is 1. The van der Waals surface area contributed by atoms with E-state index in [1.807, 2.05) is 21.8 Å². The molecule has 1 aromatic rings. The Bertz CT molecular complexity index is 516. The van der Waals surface area contributed by atoms with Crippen molar-refractivity contribution in [3.05, 3.63) is 18.0 Å². The van der Waals surface area contributed by atoms with Crippen LogP contribution in [0, 0.1) is 5.41 Å². The summed E-state index contributed by atoms with van der Waals surface area (Å²) in [5.74, 6) is 0.0974. The molecule has 0 radical (unpaired) electrons. The van der Waals surface area contributed by atoms with E-state index in [1.165, 1.54) is 12.8 Å². The van der Waals surface area contributed by atoms with Crippen molar-refractivity contribution in [1.82, 2.24) is 20.0 Å². The molecule has 3 rings (SSSR count). The molecule has 1 atom stereocenters. The fraction of sp³-hybridized carbons (Fsp3) is 0.765. The molecule has 2 aliphatic heterocycles. The van der Waals surface area contributed by atoms with E-state index in [-0.39, 0.29) is 5.91 Å². The van der Waals surface area contributed by atoms with Gasteiger partial charge in [-0.1, -0.05) is 13.8 Å². The highest BCUT2D eigenvalue weighted by Gasteiger charge is 2.27. The highest BCUT2D eigenvalue weighted by atomic mass is 16.2. The smallest absolute Gasteiger partial charge is 0.274 e. The van der Waals surface area contributed by atoms with Crippen molar-refractivity contribution in [2.45, 2.75) is 52.0 Å². The molecule has 3 heterocycles. The van der Waals surface area contributed by atoms with Crippen molar-refractivity contribution in [3.8, 4) is 0 Å². The van der Waals surface area contributed by atoms with Crippen molar-refractivity contribution in [2.24, 2.45) is 5.41 Å². The molecule has 2 aliphatic rings. The van der Waals surface area contributed by atoms with Crippen LogP contribution in [0.4, 0.5) is 0 Å². The second-order valence-corrected chi connectivity index (χ2v) is 7.49. The third-order valence-electron chi connectivity index (χ3n) is 5.10. The summed E-state index contributed by atoms with van der Waals surface area (Å²) in [6.07, 6.45) is 7.64. The summed E-state index contributed by atoms with van der Waals surface area (Å²) in [5, 5.41) is 7.96. The zero-order valence-corrected chi connectivity index (χ0v) is 13.8. The molecule has 2 saturated heterocycles. The maximum Gasteiger partial charge on any atom is 0.274 e. The van der Waals surface area contributed by atoms with Gasteiger partial charge in [-0.15, -0.1) is 0 Å². The molecule has 122 valence electrons. The van der Waals surface area contributed by atoms with E-state index in [0.717, 1.165) is 45.4 Å². The van der Waals surface area contributed by atoms with Crippen LogP contribution >= 0.6 is 0 Å². The van der Waals surface area contributed by atoms with Crippen molar-refractivity contribution in [3.63, 3.8) is 0 Å². The Morgan fingerprint density at radius 1 is 1.32 bits per heavy atom. The Labute approximate surface area is 133 Å². The predicted octanol–water partition coefficient (Wildman–Crippen LogP) is 2.46. The Hall–Kier alpha value is -1.36. The first kappa shape index (κ1) is 15.5. The Morgan fingerprint density at radius 2 is 2.18 bits per heavy atom. The summed E-state index contributed by atoms with van der Waals surface area (Å²) in [7, 11) is 0. The van der Waals surface area contributed by atoms with Gasteiger partial charge >= 0.3 is 0 Å². The van der Waals surface area contributed by atoms with E-state index < -0.39 is 0 Å². The molecular formula is C17H28N4O. The van der Waals surface area contributed by atoms with Crippen LogP contribution < -0.4 is 5.32 Å². The lowest BCUT2D eigenvalue weighted by Crippen LogP contribution is -2.34. The SMILES string of the molecule is CC1(C)CCCN(C(=O)c2ccn(C3CCCNC3)n2)CC1. The van der Waals surface area contributed by atoms with Crippen LogP contribution in [0.2, 0.25) is 0 Å². The topological polar surface area (TPSA) is 50.2 Å². The highest BCUT2D eigenvalue weighted by molar-refractivity contribution is 5.92. The first-order chi connectivity index (χ1) is 10.6. The van der Waals surface area contributed by atoms with Crippen molar-refractivity contribution in [2.75, 3.05) is 26.2 Å². The van der Waals surface area contributed by atoms with Crippen LogP contribution in [0.5, 0.6) is 0 Å². The number of rotatable bonds is 2. The molecule has 1 amide bonds. The average Bonchev–Trinajstić information content (AvgIpc) is 2.93. The van der Waals surface area contributed by atoms with Gasteiger partial charge in [0.2, 0.25) is 0 Å². The van der Waals surface area contributed by atoms with Crippen molar-refractivity contribution >= 4 is 5.91 Å². The van der Waals surface area contributed by atoms with Crippen molar-refractivity contribution in [1.29, 1.82) is 0 Å². The van der Waals surface area contributed by atoms with E-state index in [4.69, 9.17) is 0 Å². The first-order valence-electron chi connectivity index (χ1n) is 8.60. The number of nitrogens with one attached hydrogen (secondary N) is 1. The van der Waals surface area contributed by atoms with Gasteiger partial charge in [-0.3, -0.25) is 9.48 Å². The Balaban J connectivity index is 1.66. The Morgan fingerprint density at radius 3 is 2.95 bits per heavy atom. The maximum atomic E-state index is 12.7. The minimum atomic E-state index is 0.0974. The van der Waals surface area contributed by atoms with E-state index in [9.17, 15) is 4.79 Å². The van der Waals surface area contributed by atoms with Gasteiger partial charge in [-0.2, -0.15) is 5.10 Å². The van der Waals surface area contributed by atoms with Gasteiger partial charge in [0, 0.05) is 25.8 Å². The summed E-state index contributed by atoms with van der Waals surface area (Å²) < 4.78 is 1.97. The second-order valence-electron chi connectivity index (χ2n) is 7.49. The average molecular weight is 304 g/mol. The molecule has 22 heavy (non-hydrogen) atoms.